The molecule has 0 unspecified atom stereocenters. The normalized spacial score (nSPS) is 18.7. The molecule has 0 saturated carbocycles. The molecule has 0 aliphatic carbocycles. The van der Waals surface area contributed by atoms with E-state index >= 15 is 0 Å². The molecule has 1 saturated heterocycles. The number of nitrogens with zero attached hydrogens (tertiary/aromatic N) is 3. The average Bonchev–Trinajstić information content (AvgIpc) is 2.69. The topological polar surface area (TPSA) is 40.1 Å². The van der Waals surface area contributed by atoms with Crippen molar-refractivity contribution in [1.82, 2.24) is 10.2 Å². The lowest BCUT2D eigenvalue weighted by Gasteiger charge is -2.37. The number of hydrogen-bond acceptors (Lipinski definition) is 3. The van der Waals surface area contributed by atoms with Crippen molar-refractivity contribution in [2.24, 2.45) is 4.99 Å². The molecule has 142 valence electrons. The molecule has 1 fully saturated rings. The van der Waals surface area contributed by atoms with Crippen LogP contribution in [0.3, 0.4) is 0 Å². The third kappa shape index (κ3) is 5.21. The summed E-state index contributed by atoms with van der Waals surface area (Å²) in [6.07, 6.45) is 4.23. The summed E-state index contributed by atoms with van der Waals surface area (Å²) in [5.74, 6) is 0.813. The highest BCUT2D eigenvalue weighted by Gasteiger charge is 2.19. The van der Waals surface area contributed by atoms with Gasteiger partial charge < -0.3 is 19.9 Å². The van der Waals surface area contributed by atoms with E-state index in [1.807, 2.05) is 12.1 Å². The number of hydrogen-bond donors (Lipinski definition) is 1. The number of aliphatic imine (C=N–C) groups is 1. The van der Waals surface area contributed by atoms with Crippen molar-refractivity contribution in [3.8, 4) is 0 Å². The predicted molar refractivity (Wildman–Crippen MR) is 104 cm³/mol. The van der Waals surface area contributed by atoms with Crippen LogP contribution in [0.5, 0.6) is 0 Å². The Kier molecular flexibility index (Phi) is 6.89. The summed E-state index contributed by atoms with van der Waals surface area (Å²) in [7, 11) is 0. The molecule has 2 aliphatic heterocycles. The Bertz CT molecular complexity index is 621. The molecule has 1 aromatic rings. The van der Waals surface area contributed by atoms with Gasteiger partial charge in [-0.25, -0.2) is 4.39 Å². The summed E-state index contributed by atoms with van der Waals surface area (Å²) in [6, 6.07) is 6.76. The van der Waals surface area contributed by atoms with Crippen molar-refractivity contribution >= 4 is 11.6 Å². The number of rotatable bonds is 5. The number of guanidine groups is 1. The molecule has 0 bridgehead atoms. The fourth-order valence-corrected chi connectivity index (χ4v) is 3.35. The van der Waals surface area contributed by atoms with E-state index in [2.05, 4.69) is 28.1 Å². The first-order valence-electron chi connectivity index (χ1n) is 9.55. The van der Waals surface area contributed by atoms with Gasteiger partial charge >= 0.3 is 0 Å². The van der Waals surface area contributed by atoms with Gasteiger partial charge in [0.15, 0.2) is 5.96 Å². The summed E-state index contributed by atoms with van der Waals surface area (Å²) in [4.78, 5) is 9.44. The minimum atomic E-state index is -0.186. The van der Waals surface area contributed by atoms with Gasteiger partial charge in [-0.05, 0) is 44.0 Å². The molecule has 2 aliphatic rings. The lowest BCUT2D eigenvalue weighted by Crippen LogP contribution is -2.52. The van der Waals surface area contributed by atoms with Crippen molar-refractivity contribution in [3.63, 3.8) is 0 Å². The maximum absolute atomic E-state index is 13.1. The Morgan fingerprint density at radius 1 is 1.19 bits per heavy atom. The van der Waals surface area contributed by atoms with Crippen LogP contribution in [0.15, 0.2) is 40.9 Å². The van der Waals surface area contributed by atoms with Crippen LogP contribution in [0, 0.1) is 5.82 Å². The van der Waals surface area contributed by atoms with E-state index in [-0.39, 0.29) is 5.82 Å². The molecule has 0 radical (unpaired) electrons. The molecule has 0 atom stereocenters. The zero-order valence-electron chi connectivity index (χ0n) is 15.6. The Hall–Kier alpha value is -2.08. The summed E-state index contributed by atoms with van der Waals surface area (Å²) < 4.78 is 18.5. The lowest BCUT2D eigenvalue weighted by molar-refractivity contribution is 0.153. The summed E-state index contributed by atoms with van der Waals surface area (Å²) in [5, 5.41) is 3.42. The van der Waals surface area contributed by atoms with Gasteiger partial charge in [0, 0.05) is 45.0 Å². The average molecular weight is 360 g/mol. The zero-order chi connectivity index (χ0) is 18.2. The predicted octanol–water partition coefficient (Wildman–Crippen LogP) is 2.65. The van der Waals surface area contributed by atoms with Crippen LogP contribution in [-0.2, 0) is 4.74 Å². The van der Waals surface area contributed by atoms with Crippen molar-refractivity contribution in [3.05, 3.63) is 41.7 Å². The Labute approximate surface area is 155 Å². The van der Waals surface area contributed by atoms with Gasteiger partial charge in [-0.1, -0.05) is 11.6 Å². The fraction of sp³-hybridized carbons (Fsp3) is 0.550. The molecule has 2 heterocycles. The number of anilines is 1. The van der Waals surface area contributed by atoms with Gasteiger partial charge in [0.05, 0.1) is 13.2 Å². The van der Waals surface area contributed by atoms with E-state index < -0.39 is 0 Å². The maximum atomic E-state index is 13.1. The van der Waals surface area contributed by atoms with Gasteiger partial charge in [-0.15, -0.1) is 0 Å². The maximum Gasteiger partial charge on any atom is 0.194 e. The molecule has 6 heteroatoms. The van der Waals surface area contributed by atoms with Crippen LogP contribution in [-0.4, -0.2) is 63.3 Å². The third-order valence-corrected chi connectivity index (χ3v) is 4.86. The highest BCUT2D eigenvalue weighted by Crippen LogP contribution is 2.17. The van der Waals surface area contributed by atoms with Crippen LogP contribution in [0.2, 0.25) is 0 Å². The summed E-state index contributed by atoms with van der Waals surface area (Å²) in [6.45, 7) is 9.02. The van der Waals surface area contributed by atoms with Crippen LogP contribution in [0.1, 0.15) is 19.8 Å². The van der Waals surface area contributed by atoms with Crippen molar-refractivity contribution in [2.45, 2.75) is 19.8 Å². The second-order valence-electron chi connectivity index (χ2n) is 6.62. The molecule has 5 nitrogen and oxygen atoms in total. The highest BCUT2D eigenvalue weighted by molar-refractivity contribution is 5.80. The number of benzene rings is 1. The second kappa shape index (κ2) is 9.57. The van der Waals surface area contributed by atoms with Gasteiger partial charge in [0.25, 0.3) is 0 Å². The monoisotopic (exact) mass is 360 g/mol. The molecule has 0 aromatic heterocycles. The van der Waals surface area contributed by atoms with E-state index in [1.165, 1.54) is 17.7 Å². The van der Waals surface area contributed by atoms with E-state index in [1.54, 1.807) is 0 Å². The van der Waals surface area contributed by atoms with Crippen molar-refractivity contribution in [2.75, 3.05) is 57.4 Å². The molecule has 3 rings (SSSR count). The van der Waals surface area contributed by atoms with Crippen LogP contribution in [0.4, 0.5) is 10.1 Å². The highest BCUT2D eigenvalue weighted by atomic mass is 19.1. The van der Waals surface area contributed by atoms with E-state index in [0.29, 0.717) is 0 Å². The molecule has 0 spiro atoms. The molecular formula is C20H29FN4O. The van der Waals surface area contributed by atoms with Crippen molar-refractivity contribution in [1.29, 1.82) is 0 Å². The number of ether oxygens (including phenoxy) is 1. The molecule has 1 N–H and O–H groups in total. The molecule has 0 amide bonds. The van der Waals surface area contributed by atoms with Crippen LogP contribution in [0.25, 0.3) is 0 Å². The largest absolute Gasteiger partial charge is 0.377 e. The third-order valence-electron chi connectivity index (χ3n) is 4.86. The van der Waals surface area contributed by atoms with E-state index in [9.17, 15) is 4.39 Å². The summed E-state index contributed by atoms with van der Waals surface area (Å²) >= 11 is 0. The molecule has 26 heavy (non-hydrogen) atoms. The van der Waals surface area contributed by atoms with Crippen LogP contribution >= 0.6 is 0 Å². The van der Waals surface area contributed by atoms with E-state index in [4.69, 9.17) is 9.73 Å². The Balaban J connectivity index is 1.53. The van der Waals surface area contributed by atoms with Gasteiger partial charge in [-0.2, -0.15) is 0 Å². The van der Waals surface area contributed by atoms with Gasteiger partial charge in [0.1, 0.15) is 5.82 Å². The van der Waals surface area contributed by atoms with Gasteiger partial charge in [0.2, 0.25) is 0 Å². The minimum absolute atomic E-state index is 0.186. The smallest absolute Gasteiger partial charge is 0.194 e. The summed E-state index contributed by atoms with van der Waals surface area (Å²) in [5.41, 5.74) is 2.54. The first-order valence-corrected chi connectivity index (χ1v) is 9.55. The quantitative estimate of drug-likeness (QED) is 0.498. The van der Waals surface area contributed by atoms with Gasteiger partial charge in [-0.3, -0.25) is 4.99 Å². The molecular weight excluding hydrogens is 331 g/mol. The Morgan fingerprint density at radius 2 is 1.96 bits per heavy atom. The van der Waals surface area contributed by atoms with E-state index in [0.717, 1.165) is 77.0 Å². The standard InChI is InChI=1S/C20H29FN4O/c1-2-22-20(23-10-7-17-8-15-26-16-9-17)25-13-11-24(12-14-25)19-5-3-18(21)4-6-19/h3-6,8H,2,7,9-16H2,1H3,(H,22,23). The lowest BCUT2D eigenvalue weighted by atomic mass is 10.1. The molecule has 1 aromatic carbocycles. The SMILES string of the molecule is CCNC(=NCCC1=CCOCC1)N1CCN(c2ccc(F)cc2)CC1. The number of nitrogens with one attached hydrogen (secondary N) is 1. The first-order chi connectivity index (χ1) is 12.8. The second-order valence-corrected chi connectivity index (χ2v) is 6.62. The Morgan fingerprint density at radius 3 is 2.62 bits per heavy atom. The number of piperazine rings is 1. The number of halogens is 1. The zero-order valence-corrected chi connectivity index (χ0v) is 15.6. The minimum Gasteiger partial charge on any atom is -0.377 e. The van der Waals surface area contributed by atoms with Crippen molar-refractivity contribution < 1.29 is 9.13 Å². The van der Waals surface area contributed by atoms with Crippen LogP contribution < -0.4 is 10.2 Å². The first kappa shape index (κ1) is 18.7. The fourth-order valence-electron chi connectivity index (χ4n) is 3.35.